The van der Waals surface area contributed by atoms with E-state index in [1.807, 2.05) is 24.3 Å². The van der Waals surface area contributed by atoms with Gasteiger partial charge in [-0.05, 0) is 30.0 Å². The van der Waals surface area contributed by atoms with Crippen LogP contribution in [0.3, 0.4) is 0 Å². The summed E-state index contributed by atoms with van der Waals surface area (Å²) in [5.41, 5.74) is 14.1. The van der Waals surface area contributed by atoms with Crippen LogP contribution in [0, 0.1) is 0 Å². The number of nitrogens with one attached hydrogen (secondary N) is 4. The number of carbonyl (C=O) groups is 5. The van der Waals surface area contributed by atoms with E-state index in [1.54, 1.807) is 36.5 Å². The van der Waals surface area contributed by atoms with Crippen LogP contribution in [0.5, 0.6) is 0 Å². The molecule has 0 aliphatic rings. The average molecular weight is 627 g/mol. The zero-order valence-corrected chi connectivity index (χ0v) is 25.4. The van der Waals surface area contributed by atoms with Crippen LogP contribution in [0.15, 0.2) is 60.8 Å². The van der Waals surface area contributed by atoms with Gasteiger partial charge >= 0.3 is 5.97 Å². The Morgan fingerprint density at radius 3 is 2.14 bits per heavy atom. The van der Waals surface area contributed by atoms with E-state index in [-0.39, 0.29) is 25.0 Å². The third-order valence-corrected chi connectivity index (χ3v) is 7.76. The maximum absolute atomic E-state index is 13.4. The van der Waals surface area contributed by atoms with Gasteiger partial charge in [0.25, 0.3) is 0 Å². The van der Waals surface area contributed by atoms with Gasteiger partial charge in [-0.1, -0.05) is 48.5 Å². The molecule has 1 unspecified atom stereocenters. The zero-order chi connectivity index (χ0) is 32.2. The van der Waals surface area contributed by atoms with Gasteiger partial charge in [0, 0.05) is 46.3 Å². The first kappa shape index (κ1) is 33.9. The number of aromatic nitrogens is 1. The SMILES string of the molecule is COC(=O)C[C@H](NC(=O)[C@H](CCS(C)=O)NC(=O)[C@H](N)Cc1c[nH]c2ccccc12)C(=O)N[C@@H](Cc1ccccc1)C(N)=O. The third kappa shape index (κ3) is 10.0. The van der Waals surface area contributed by atoms with E-state index in [4.69, 9.17) is 11.5 Å². The van der Waals surface area contributed by atoms with Crippen molar-refractivity contribution in [1.82, 2.24) is 20.9 Å². The fourth-order valence-corrected chi connectivity index (χ4v) is 5.11. The number of H-pyrrole nitrogens is 1. The van der Waals surface area contributed by atoms with Gasteiger partial charge in [-0.15, -0.1) is 0 Å². The zero-order valence-electron chi connectivity index (χ0n) is 24.5. The predicted octanol–water partition coefficient (Wildman–Crippen LogP) is -0.448. The summed E-state index contributed by atoms with van der Waals surface area (Å²) in [4.78, 5) is 67.1. The maximum atomic E-state index is 13.4. The summed E-state index contributed by atoms with van der Waals surface area (Å²) >= 11 is 0. The molecule has 0 saturated heterocycles. The minimum atomic E-state index is -1.47. The lowest BCUT2D eigenvalue weighted by Gasteiger charge is -2.25. The molecule has 3 aromatic rings. The number of primary amides is 1. The molecule has 1 aromatic heterocycles. The number of hydrogen-bond acceptors (Lipinski definition) is 8. The van der Waals surface area contributed by atoms with E-state index >= 15 is 0 Å². The number of methoxy groups -OCH3 is 1. The van der Waals surface area contributed by atoms with E-state index in [0.717, 1.165) is 29.1 Å². The van der Waals surface area contributed by atoms with Crippen molar-refractivity contribution in [3.8, 4) is 0 Å². The molecule has 0 aliphatic heterocycles. The quantitative estimate of drug-likeness (QED) is 0.114. The van der Waals surface area contributed by atoms with Gasteiger partial charge in [0.1, 0.15) is 18.1 Å². The molecule has 8 N–H and O–H groups in total. The van der Waals surface area contributed by atoms with Crippen LogP contribution in [-0.2, 0) is 52.4 Å². The standard InChI is InChI=1S/C30H38N6O7S/c1-43-26(37)16-25(30(41)35-24(27(32)38)14-18-8-4-3-5-9-18)36-29(40)23(12-13-44(2)42)34-28(39)21(31)15-19-17-33-22-11-7-6-10-20(19)22/h3-11,17,21,23-25,33H,12-16,31H2,1-2H3,(H2,32,38)(H,34,39)(H,35,41)(H,36,40)/t21-,23+,24+,25+,44?/m1/s1. The summed E-state index contributed by atoms with van der Waals surface area (Å²) in [5, 5.41) is 8.46. The Morgan fingerprint density at radius 2 is 1.48 bits per heavy atom. The number of esters is 1. The molecular formula is C30H38N6O7S. The van der Waals surface area contributed by atoms with Crippen molar-refractivity contribution in [2.75, 3.05) is 19.1 Å². The van der Waals surface area contributed by atoms with Crippen molar-refractivity contribution in [2.45, 2.75) is 49.9 Å². The molecule has 0 aliphatic carbocycles. The summed E-state index contributed by atoms with van der Waals surface area (Å²) in [5.74, 6) is -3.87. The molecule has 0 bridgehead atoms. The van der Waals surface area contributed by atoms with E-state index in [1.165, 1.54) is 6.26 Å². The van der Waals surface area contributed by atoms with Crippen molar-refractivity contribution in [2.24, 2.45) is 11.5 Å². The number of aromatic amines is 1. The molecule has 0 saturated carbocycles. The van der Waals surface area contributed by atoms with Gasteiger partial charge in [0.2, 0.25) is 23.6 Å². The Bertz CT molecular complexity index is 1500. The Kier molecular flexibility index (Phi) is 12.6. The molecular weight excluding hydrogens is 588 g/mol. The fourth-order valence-electron chi connectivity index (χ4n) is 4.54. The first-order valence-electron chi connectivity index (χ1n) is 13.9. The Hall–Kier alpha value is -4.56. The number of hydrogen-bond donors (Lipinski definition) is 6. The van der Waals surface area contributed by atoms with Crippen molar-refractivity contribution >= 4 is 51.3 Å². The van der Waals surface area contributed by atoms with E-state index in [0.29, 0.717) is 0 Å². The Labute approximate surface area is 257 Å². The van der Waals surface area contributed by atoms with Crippen LogP contribution in [-0.4, -0.2) is 82.1 Å². The molecule has 1 heterocycles. The summed E-state index contributed by atoms with van der Waals surface area (Å²) in [7, 11) is -0.186. The molecule has 236 valence electrons. The Balaban J connectivity index is 1.74. The highest BCUT2D eigenvalue weighted by Gasteiger charge is 2.32. The second-order valence-corrected chi connectivity index (χ2v) is 11.8. The summed E-state index contributed by atoms with van der Waals surface area (Å²) in [6.07, 6.45) is 2.86. The van der Waals surface area contributed by atoms with Crippen LogP contribution >= 0.6 is 0 Å². The summed E-state index contributed by atoms with van der Waals surface area (Å²) in [6, 6.07) is 11.5. The summed E-state index contributed by atoms with van der Waals surface area (Å²) in [6.45, 7) is 0. The minimum Gasteiger partial charge on any atom is -0.469 e. The predicted molar refractivity (Wildman–Crippen MR) is 165 cm³/mol. The number of carbonyl (C=O) groups excluding carboxylic acids is 5. The highest BCUT2D eigenvalue weighted by molar-refractivity contribution is 7.84. The second kappa shape index (κ2) is 16.3. The number of rotatable bonds is 16. The lowest BCUT2D eigenvalue weighted by Crippen LogP contribution is -2.58. The van der Waals surface area contributed by atoms with Crippen LogP contribution in [0.1, 0.15) is 24.0 Å². The van der Waals surface area contributed by atoms with Crippen LogP contribution in [0.4, 0.5) is 0 Å². The van der Waals surface area contributed by atoms with Gasteiger partial charge < -0.3 is 37.1 Å². The minimum absolute atomic E-state index is 0.0367. The molecule has 4 amide bonds. The lowest BCUT2D eigenvalue weighted by atomic mass is 10.0. The number of nitrogens with two attached hydrogens (primary N) is 2. The summed E-state index contributed by atoms with van der Waals surface area (Å²) < 4.78 is 16.5. The highest BCUT2D eigenvalue weighted by atomic mass is 32.2. The third-order valence-electron chi connectivity index (χ3n) is 6.95. The van der Waals surface area contributed by atoms with Crippen LogP contribution in [0.25, 0.3) is 10.9 Å². The van der Waals surface area contributed by atoms with Crippen molar-refractivity contribution in [1.29, 1.82) is 0 Å². The molecule has 2 aromatic carbocycles. The number of benzene rings is 2. The molecule has 13 nitrogen and oxygen atoms in total. The van der Waals surface area contributed by atoms with Crippen LogP contribution < -0.4 is 27.4 Å². The monoisotopic (exact) mass is 626 g/mol. The molecule has 3 rings (SSSR count). The second-order valence-electron chi connectivity index (χ2n) is 10.3. The smallest absolute Gasteiger partial charge is 0.308 e. The fraction of sp³-hybridized carbons (Fsp3) is 0.367. The number of para-hydroxylation sites is 1. The maximum Gasteiger partial charge on any atom is 0.308 e. The Morgan fingerprint density at radius 1 is 0.864 bits per heavy atom. The van der Waals surface area contributed by atoms with Gasteiger partial charge in [0.15, 0.2) is 0 Å². The number of fused-ring (bicyclic) bond motifs is 1. The lowest BCUT2D eigenvalue weighted by molar-refractivity contribution is -0.144. The first-order chi connectivity index (χ1) is 21.0. The van der Waals surface area contributed by atoms with Crippen molar-refractivity contribution in [3.63, 3.8) is 0 Å². The van der Waals surface area contributed by atoms with Gasteiger partial charge in [-0.2, -0.15) is 0 Å². The number of amides is 4. The van der Waals surface area contributed by atoms with Gasteiger partial charge in [0.05, 0.1) is 19.6 Å². The van der Waals surface area contributed by atoms with E-state index < -0.39 is 71.0 Å². The highest BCUT2D eigenvalue weighted by Crippen LogP contribution is 2.19. The van der Waals surface area contributed by atoms with Gasteiger partial charge in [-0.25, -0.2) is 0 Å². The van der Waals surface area contributed by atoms with E-state index in [9.17, 15) is 28.2 Å². The largest absolute Gasteiger partial charge is 0.469 e. The molecule has 5 atom stereocenters. The topological polar surface area (TPSA) is 216 Å². The number of ether oxygens (including phenoxy) is 1. The molecule has 44 heavy (non-hydrogen) atoms. The molecule has 14 heteroatoms. The average Bonchev–Trinajstić information content (AvgIpc) is 3.41. The van der Waals surface area contributed by atoms with Gasteiger partial charge in [-0.3, -0.25) is 28.2 Å². The van der Waals surface area contributed by atoms with Crippen molar-refractivity contribution < 1.29 is 32.9 Å². The molecule has 0 fully saturated rings. The van der Waals surface area contributed by atoms with Crippen LogP contribution in [0.2, 0.25) is 0 Å². The van der Waals surface area contributed by atoms with E-state index in [2.05, 4.69) is 25.7 Å². The first-order valence-corrected chi connectivity index (χ1v) is 15.6. The molecule has 0 spiro atoms. The normalized spacial score (nSPS) is 14.4. The molecule has 0 radical (unpaired) electrons. The van der Waals surface area contributed by atoms with Crippen molar-refractivity contribution in [3.05, 3.63) is 71.9 Å².